The third-order valence-electron chi connectivity index (χ3n) is 4.54. The lowest BCUT2D eigenvalue weighted by molar-refractivity contribution is 0.227. The van der Waals surface area contributed by atoms with Gasteiger partial charge in [0.1, 0.15) is 5.75 Å². The van der Waals surface area contributed by atoms with E-state index in [9.17, 15) is 5.11 Å². The molecule has 3 rings (SSSR count). The molecule has 1 aromatic heterocycles. The van der Waals surface area contributed by atoms with Gasteiger partial charge in [-0.1, -0.05) is 12.1 Å². The van der Waals surface area contributed by atoms with Gasteiger partial charge in [-0.15, -0.1) is 0 Å². The molecule has 6 nitrogen and oxygen atoms in total. The van der Waals surface area contributed by atoms with Gasteiger partial charge >= 0.3 is 0 Å². The molecule has 1 aliphatic heterocycles. The summed E-state index contributed by atoms with van der Waals surface area (Å²) in [5.41, 5.74) is 10.2. The molecule has 2 heterocycles. The summed E-state index contributed by atoms with van der Waals surface area (Å²) in [4.78, 5) is 6.30. The highest BCUT2D eigenvalue weighted by Gasteiger charge is 2.21. The van der Waals surface area contributed by atoms with Gasteiger partial charge in [0, 0.05) is 30.8 Å². The maximum absolute atomic E-state index is 9.64. The van der Waals surface area contributed by atoms with Crippen molar-refractivity contribution in [1.29, 1.82) is 5.53 Å². The van der Waals surface area contributed by atoms with E-state index in [4.69, 9.17) is 5.53 Å². The van der Waals surface area contributed by atoms with Gasteiger partial charge in [-0.3, -0.25) is 9.88 Å². The summed E-state index contributed by atoms with van der Waals surface area (Å²) < 4.78 is 0. The molecule has 0 saturated carbocycles. The lowest BCUT2D eigenvalue weighted by atomic mass is 9.89. The molecule has 1 fully saturated rings. The minimum atomic E-state index is 0.334. The first-order valence-corrected chi connectivity index (χ1v) is 8.49. The Hall–Kier alpha value is -2.73. The molecule has 1 aromatic carbocycles. The Bertz CT molecular complexity index is 724. The maximum atomic E-state index is 9.64. The molecule has 0 bridgehead atoms. The monoisotopic (exact) mass is 337 g/mol. The number of phenolic OH excluding ortho intramolecular Hbond substituents is 1. The van der Waals surface area contributed by atoms with Gasteiger partial charge in [0.15, 0.2) is 0 Å². The van der Waals surface area contributed by atoms with Gasteiger partial charge in [-0.05, 0) is 61.7 Å². The highest BCUT2D eigenvalue weighted by Crippen LogP contribution is 2.30. The zero-order chi connectivity index (χ0) is 17.5. The number of rotatable bonds is 6. The Labute approximate surface area is 147 Å². The summed E-state index contributed by atoms with van der Waals surface area (Å²) in [7, 11) is 0. The average molecular weight is 337 g/mol. The summed E-state index contributed by atoms with van der Waals surface area (Å²) in [5.74, 6) is 0.819. The van der Waals surface area contributed by atoms with Crippen molar-refractivity contribution in [1.82, 2.24) is 9.88 Å². The minimum absolute atomic E-state index is 0.334. The van der Waals surface area contributed by atoms with Gasteiger partial charge in [-0.2, -0.15) is 5.11 Å². The van der Waals surface area contributed by atoms with E-state index in [1.165, 1.54) is 5.56 Å². The summed E-state index contributed by atoms with van der Waals surface area (Å²) >= 11 is 0. The van der Waals surface area contributed by atoms with E-state index < -0.39 is 0 Å². The number of piperidine rings is 1. The van der Waals surface area contributed by atoms with E-state index in [1.807, 2.05) is 24.3 Å². The number of pyridine rings is 1. The first-order valence-electron chi connectivity index (χ1n) is 8.49. The number of hydrogen-bond donors (Lipinski definition) is 3. The third-order valence-corrected chi connectivity index (χ3v) is 4.54. The van der Waals surface area contributed by atoms with Crippen LogP contribution in [0.2, 0.25) is 0 Å². The van der Waals surface area contributed by atoms with Crippen molar-refractivity contribution >= 4 is 5.69 Å². The van der Waals surface area contributed by atoms with Crippen LogP contribution in [0.25, 0.3) is 0 Å². The van der Waals surface area contributed by atoms with Crippen molar-refractivity contribution in [2.45, 2.75) is 18.8 Å². The first kappa shape index (κ1) is 17.1. The van der Waals surface area contributed by atoms with E-state index in [2.05, 4.69) is 26.4 Å². The molecule has 25 heavy (non-hydrogen) atoms. The molecule has 130 valence electrons. The van der Waals surface area contributed by atoms with Crippen LogP contribution in [0.4, 0.5) is 5.69 Å². The molecule has 0 radical (unpaired) electrons. The lowest BCUT2D eigenvalue weighted by Crippen LogP contribution is -2.34. The lowest BCUT2D eigenvalue weighted by Gasteiger charge is -2.32. The van der Waals surface area contributed by atoms with Crippen LogP contribution >= 0.6 is 0 Å². The van der Waals surface area contributed by atoms with E-state index in [-0.39, 0.29) is 0 Å². The Morgan fingerprint density at radius 3 is 2.72 bits per heavy atom. The molecule has 1 aliphatic rings. The number of aromatic nitrogens is 1. The fourth-order valence-electron chi connectivity index (χ4n) is 3.16. The van der Waals surface area contributed by atoms with E-state index in [0.29, 0.717) is 23.9 Å². The predicted octanol–water partition coefficient (Wildman–Crippen LogP) is 3.95. The summed E-state index contributed by atoms with van der Waals surface area (Å²) in [5, 5.41) is 16.4. The number of benzene rings is 1. The van der Waals surface area contributed by atoms with Gasteiger partial charge in [-0.25, -0.2) is 5.53 Å². The smallest absolute Gasteiger partial charge is 0.115 e. The Kier molecular flexibility index (Phi) is 5.74. The van der Waals surface area contributed by atoms with Crippen molar-refractivity contribution in [2.75, 3.05) is 25.0 Å². The Morgan fingerprint density at radius 2 is 2.04 bits per heavy atom. The Balaban J connectivity index is 1.53. The second kappa shape index (κ2) is 8.39. The molecule has 3 N–H and O–H groups in total. The fraction of sp³-hybridized carbons (Fsp3) is 0.316. The Morgan fingerprint density at radius 1 is 1.28 bits per heavy atom. The second-order valence-electron chi connectivity index (χ2n) is 6.27. The van der Waals surface area contributed by atoms with Crippen molar-refractivity contribution in [2.24, 2.45) is 5.11 Å². The number of nitrogens with one attached hydrogen (secondary N) is 2. The zero-order valence-electron chi connectivity index (χ0n) is 14.1. The number of phenols is 1. The zero-order valence-corrected chi connectivity index (χ0v) is 14.1. The molecular formula is C19H23N5O. The molecular weight excluding hydrogens is 314 g/mol. The number of anilines is 1. The molecule has 1 saturated heterocycles. The molecule has 0 unspecified atom stereocenters. The number of hydrogen-bond acceptors (Lipinski definition) is 6. The fourth-order valence-corrected chi connectivity index (χ4v) is 3.16. The maximum Gasteiger partial charge on any atom is 0.115 e. The van der Waals surface area contributed by atoms with Crippen molar-refractivity contribution in [3.05, 3.63) is 66.3 Å². The van der Waals surface area contributed by atoms with Crippen LogP contribution in [0.5, 0.6) is 5.75 Å². The highest BCUT2D eigenvalue weighted by atomic mass is 16.3. The molecule has 0 aliphatic carbocycles. The summed E-state index contributed by atoms with van der Waals surface area (Å²) in [6.07, 6.45) is 7.32. The minimum Gasteiger partial charge on any atom is -0.508 e. The third kappa shape index (κ3) is 4.87. The van der Waals surface area contributed by atoms with Crippen molar-refractivity contribution in [3.63, 3.8) is 0 Å². The number of likely N-dealkylation sites (tertiary alicyclic amines) is 1. The topological polar surface area (TPSA) is 84.6 Å². The normalized spacial score (nSPS) is 16.6. The molecule has 0 atom stereocenters. The number of aromatic hydroxyl groups is 1. The SMILES string of the molecule is N=N/C(=C\Nc1ccncc1)CN1CCC(c2cccc(O)c2)CC1. The van der Waals surface area contributed by atoms with Crippen molar-refractivity contribution in [3.8, 4) is 5.75 Å². The van der Waals surface area contributed by atoms with Crippen LogP contribution < -0.4 is 5.32 Å². The predicted molar refractivity (Wildman–Crippen MR) is 97.6 cm³/mol. The van der Waals surface area contributed by atoms with Gasteiger partial charge in [0.25, 0.3) is 0 Å². The summed E-state index contributed by atoms with van der Waals surface area (Å²) in [6.45, 7) is 2.58. The standard InChI is InChI=1S/C19H23N5O/c20-23-18(13-22-17-4-8-21-9-5-17)14-24-10-6-15(7-11-24)16-2-1-3-19(25)12-16/h1-5,8-9,12-13,15,20,25H,6-7,10-11,14H2,(H,21,22)/b18-13-,23-20?. The number of nitrogens with zero attached hydrogens (tertiary/aromatic N) is 3. The van der Waals surface area contributed by atoms with E-state index >= 15 is 0 Å². The van der Waals surface area contributed by atoms with Crippen LogP contribution in [0.1, 0.15) is 24.3 Å². The van der Waals surface area contributed by atoms with Crippen LogP contribution in [0, 0.1) is 5.53 Å². The van der Waals surface area contributed by atoms with Crippen LogP contribution in [0.15, 0.2) is 65.8 Å². The van der Waals surface area contributed by atoms with Crippen LogP contribution in [-0.2, 0) is 0 Å². The van der Waals surface area contributed by atoms with E-state index in [0.717, 1.165) is 31.6 Å². The van der Waals surface area contributed by atoms with Gasteiger partial charge in [0.2, 0.25) is 0 Å². The van der Waals surface area contributed by atoms with Gasteiger partial charge < -0.3 is 10.4 Å². The second-order valence-corrected chi connectivity index (χ2v) is 6.27. The summed E-state index contributed by atoms with van der Waals surface area (Å²) in [6, 6.07) is 11.3. The van der Waals surface area contributed by atoms with E-state index in [1.54, 1.807) is 24.7 Å². The van der Waals surface area contributed by atoms with Crippen molar-refractivity contribution < 1.29 is 5.11 Å². The first-order chi connectivity index (χ1) is 12.2. The molecule has 0 amide bonds. The van der Waals surface area contributed by atoms with Crippen LogP contribution in [0.3, 0.4) is 0 Å². The average Bonchev–Trinajstić information content (AvgIpc) is 2.66. The molecule has 6 heteroatoms. The highest BCUT2D eigenvalue weighted by molar-refractivity contribution is 5.44. The largest absolute Gasteiger partial charge is 0.508 e. The van der Waals surface area contributed by atoms with Crippen LogP contribution in [-0.4, -0.2) is 34.6 Å². The molecule has 0 spiro atoms. The van der Waals surface area contributed by atoms with Gasteiger partial charge in [0.05, 0.1) is 5.70 Å². The molecule has 2 aromatic rings. The quantitative estimate of drug-likeness (QED) is 0.697.